The van der Waals surface area contributed by atoms with Gasteiger partial charge >= 0.3 is 0 Å². The highest BCUT2D eigenvalue weighted by Crippen LogP contribution is 2.48. The second kappa shape index (κ2) is 3.76. The Morgan fingerprint density at radius 2 is 2.29 bits per heavy atom. The molecule has 17 heavy (non-hydrogen) atoms. The van der Waals surface area contributed by atoms with Crippen molar-refractivity contribution in [3.8, 4) is 0 Å². The second-order valence-corrected chi connectivity index (χ2v) is 5.18. The highest BCUT2D eigenvalue weighted by molar-refractivity contribution is 5.79. The molecule has 1 aliphatic rings. The third kappa shape index (κ3) is 1.70. The Balaban J connectivity index is 2.02. The minimum Gasteiger partial charge on any atom is -0.369 e. The number of anilines is 1. The molecule has 0 aliphatic heterocycles. The SMILES string of the molecule is CCCC1CC1n1c(N)nc2cc(C)ccc21. The van der Waals surface area contributed by atoms with Gasteiger partial charge in [-0.1, -0.05) is 19.4 Å². The van der Waals surface area contributed by atoms with Crippen LogP contribution in [0.2, 0.25) is 0 Å². The molecule has 1 saturated carbocycles. The summed E-state index contributed by atoms with van der Waals surface area (Å²) in [7, 11) is 0. The Hall–Kier alpha value is -1.51. The molecule has 2 atom stereocenters. The highest BCUT2D eigenvalue weighted by Gasteiger charge is 2.39. The van der Waals surface area contributed by atoms with Gasteiger partial charge in [-0.2, -0.15) is 0 Å². The lowest BCUT2D eigenvalue weighted by Crippen LogP contribution is -2.02. The van der Waals surface area contributed by atoms with Crippen molar-refractivity contribution in [3.63, 3.8) is 0 Å². The van der Waals surface area contributed by atoms with Crippen LogP contribution in [0, 0.1) is 12.8 Å². The zero-order valence-corrected chi connectivity index (χ0v) is 10.5. The molecule has 1 fully saturated rings. The lowest BCUT2D eigenvalue weighted by atomic mass is 10.2. The molecule has 0 saturated heterocycles. The third-order valence-electron chi connectivity index (χ3n) is 3.75. The summed E-state index contributed by atoms with van der Waals surface area (Å²) >= 11 is 0. The van der Waals surface area contributed by atoms with Gasteiger partial charge < -0.3 is 10.3 Å². The van der Waals surface area contributed by atoms with Gasteiger partial charge in [0.2, 0.25) is 5.95 Å². The van der Waals surface area contributed by atoms with E-state index in [9.17, 15) is 0 Å². The fraction of sp³-hybridized carbons (Fsp3) is 0.500. The van der Waals surface area contributed by atoms with Crippen LogP contribution in [0.15, 0.2) is 18.2 Å². The summed E-state index contributed by atoms with van der Waals surface area (Å²) in [6.07, 6.45) is 3.82. The van der Waals surface area contributed by atoms with E-state index in [1.54, 1.807) is 0 Å². The maximum absolute atomic E-state index is 6.05. The average molecular weight is 229 g/mol. The second-order valence-electron chi connectivity index (χ2n) is 5.18. The van der Waals surface area contributed by atoms with Crippen LogP contribution in [0.5, 0.6) is 0 Å². The standard InChI is InChI=1S/C14H19N3/c1-3-4-10-8-13(10)17-12-6-5-9(2)7-11(12)16-14(17)15/h5-7,10,13H,3-4,8H2,1-2H3,(H2,15,16). The Labute approximate surface area is 102 Å². The van der Waals surface area contributed by atoms with Crippen LogP contribution in [-0.2, 0) is 0 Å². The minimum atomic E-state index is 0.586. The zero-order chi connectivity index (χ0) is 12.0. The van der Waals surface area contributed by atoms with Crippen molar-refractivity contribution < 1.29 is 0 Å². The molecule has 0 bridgehead atoms. The first kappa shape index (κ1) is 10.6. The molecule has 1 heterocycles. The monoisotopic (exact) mass is 229 g/mol. The Morgan fingerprint density at radius 1 is 1.47 bits per heavy atom. The van der Waals surface area contributed by atoms with E-state index in [-0.39, 0.29) is 0 Å². The number of fused-ring (bicyclic) bond motifs is 1. The molecule has 0 spiro atoms. The lowest BCUT2D eigenvalue weighted by Gasteiger charge is -2.05. The number of benzene rings is 1. The highest BCUT2D eigenvalue weighted by atomic mass is 15.2. The summed E-state index contributed by atoms with van der Waals surface area (Å²) < 4.78 is 2.23. The molecule has 90 valence electrons. The smallest absolute Gasteiger partial charge is 0.201 e. The van der Waals surface area contributed by atoms with Crippen molar-refractivity contribution in [3.05, 3.63) is 23.8 Å². The quantitative estimate of drug-likeness (QED) is 0.877. The van der Waals surface area contributed by atoms with Crippen LogP contribution in [0.4, 0.5) is 5.95 Å². The Morgan fingerprint density at radius 3 is 3.06 bits per heavy atom. The van der Waals surface area contributed by atoms with Crippen molar-refractivity contribution in [1.29, 1.82) is 0 Å². The Bertz CT molecular complexity index is 556. The van der Waals surface area contributed by atoms with E-state index < -0.39 is 0 Å². The van der Waals surface area contributed by atoms with Crippen LogP contribution < -0.4 is 5.73 Å². The van der Waals surface area contributed by atoms with Crippen LogP contribution in [0.25, 0.3) is 11.0 Å². The molecular weight excluding hydrogens is 210 g/mol. The van der Waals surface area contributed by atoms with Gasteiger partial charge in [0.25, 0.3) is 0 Å². The number of hydrogen-bond donors (Lipinski definition) is 1. The van der Waals surface area contributed by atoms with Crippen molar-refractivity contribution in [1.82, 2.24) is 9.55 Å². The number of nitrogens with zero attached hydrogens (tertiary/aromatic N) is 2. The van der Waals surface area contributed by atoms with E-state index in [4.69, 9.17) is 5.73 Å². The van der Waals surface area contributed by atoms with Crippen LogP contribution in [-0.4, -0.2) is 9.55 Å². The van der Waals surface area contributed by atoms with E-state index in [1.165, 1.54) is 30.3 Å². The predicted molar refractivity (Wildman–Crippen MR) is 70.9 cm³/mol. The van der Waals surface area contributed by atoms with E-state index >= 15 is 0 Å². The first-order valence-corrected chi connectivity index (χ1v) is 6.44. The maximum Gasteiger partial charge on any atom is 0.201 e. The molecule has 2 unspecified atom stereocenters. The third-order valence-corrected chi connectivity index (χ3v) is 3.75. The molecule has 3 nitrogen and oxygen atoms in total. The van der Waals surface area contributed by atoms with Crippen molar-refractivity contribution in [2.75, 3.05) is 5.73 Å². The number of hydrogen-bond acceptors (Lipinski definition) is 2. The van der Waals surface area contributed by atoms with Gasteiger partial charge in [0.05, 0.1) is 11.0 Å². The van der Waals surface area contributed by atoms with E-state index in [0.717, 1.165) is 11.4 Å². The molecule has 1 aliphatic carbocycles. The van der Waals surface area contributed by atoms with Crippen molar-refractivity contribution in [2.45, 2.75) is 39.2 Å². The average Bonchev–Trinajstić information content (AvgIpc) is 2.94. The number of aryl methyl sites for hydroxylation is 1. The molecule has 3 rings (SSSR count). The van der Waals surface area contributed by atoms with E-state index in [0.29, 0.717) is 12.0 Å². The molecule has 1 aromatic heterocycles. The molecule has 0 amide bonds. The first-order chi connectivity index (χ1) is 8.20. The van der Waals surface area contributed by atoms with Crippen LogP contribution in [0.1, 0.15) is 37.8 Å². The number of rotatable bonds is 3. The van der Waals surface area contributed by atoms with Crippen molar-refractivity contribution in [2.24, 2.45) is 5.92 Å². The molecule has 2 N–H and O–H groups in total. The summed E-state index contributed by atoms with van der Waals surface area (Å²) in [5.74, 6) is 1.48. The summed E-state index contributed by atoms with van der Waals surface area (Å²) in [5.41, 5.74) is 9.52. The molecule has 1 aromatic carbocycles. The zero-order valence-electron chi connectivity index (χ0n) is 10.5. The largest absolute Gasteiger partial charge is 0.369 e. The van der Waals surface area contributed by atoms with Gasteiger partial charge in [-0.25, -0.2) is 4.98 Å². The summed E-state index contributed by atoms with van der Waals surface area (Å²) in [4.78, 5) is 4.47. The van der Waals surface area contributed by atoms with Gasteiger partial charge in [-0.15, -0.1) is 0 Å². The van der Waals surface area contributed by atoms with E-state index in [2.05, 4.69) is 41.6 Å². The van der Waals surface area contributed by atoms with Crippen molar-refractivity contribution >= 4 is 17.0 Å². The van der Waals surface area contributed by atoms with Gasteiger partial charge in [0.15, 0.2) is 0 Å². The lowest BCUT2D eigenvalue weighted by molar-refractivity contribution is 0.622. The fourth-order valence-corrected chi connectivity index (χ4v) is 2.80. The van der Waals surface area contributed by atoms with Crippen LogP contribution >= 0.6 is 0 Å². The topological polar surface area (TPSA) is 43.8 Å². The van der Waals surface area contributed by atoms with Crippen LogP contribution in [0.3, 0.4) is 0 Å². The van der Waals surface area contributed by atoms with Gasteiger partial charge in [-0.3, -0.25) is 0 Å². The van der Waals surface area contributed by atoms with Gasteiger partial charge in [0.1, 0.15) is 0 Å². The van der Waals surface area contributed by atoms with E-state index in [1.807, 2.05) is 0 Å². The molecule has 0 radical (unpaired) electrons. The molecular formula is C14H19N3. The number of imidazole rings is 1. The first-order valence-electron chi connectivity index (χ1n) is 6.44. The van der Waals surface area contributed by atoms with Gasteiger partial charge in [0, 0.05) is 6.04 Å². The van der Waals surface area contributed by atoms with Gasteiger partial charge in [-0.05, 0) is 43.4 Å². The Kier molecular flexibility index (Phi) is 2.35. The molecule has 2 aromatic rings. The maximum atomic E-state index is 6.05. The summed E-state index contributed by atoms with van der Waals surface area (Å²) in [6, 6.07) is 6.98. The normalized spacial score (nSPS) is 23.2. The number of aromatic nitrogens is 2. The summed E-state index contributed by atoms with van der Waals surface area (Å²) in [5, 5.41) is 0. The number of nitrogen functional groups attached to an aromatic ring is 1. The number of nitrogens with two attached hydrogens (primary N) is 1. The predicted octanol–water partition coefficient (Wildman–Crippen LogP) is 3.29. The molecule has 3 heteroatoms. The minimum absolute atomic E-state index is 0.586. The fourth-order valence-electron chi connectivity index (χ4n) is 2.80. The summed E-state index contributed by atoms with van der Waals surface area (Å²) in [6.45, 7) is 4.33.